The molecule has 3 heterocycles. The van der Waals surface area contributed by atoms with Crippen LogP contribution in [-0.2, 0) is 52.2 Å². The topological polar surface area (TPSA) is 138 Å². The molecule has 344 valence electrons. The SMILES string of the molecule is CC/C=C/[C@H]1CCC[C@H](OC2CCC([N+](C)(C)COC(=O)N(C)C)C(C)O2)[C@@H](C)C(=O)C2=C[C@@H]3[C@@H](C=C[C@@H]4C[C@@H](OC5OC(C)C(OC)C(OC)C5OC)C[C@@H]34)[C@@H]2CC(=O)O1. The summed E-state index contributed by atoms with van der Waals surface area (Å²) in [7, 11) is 12.4. The van der Waals surface area contributed by atoms with E-state index in [1.165, 1.54) is 4.90 Å². The molecule has 8 unspecified atom stereocenters. The third-order valence-corrected chi connectivity index (χ3v) is 14.5. The average molecular weight is 860 g/mol. The Balaban J connectivity index is 1.19. The number of amides is 1. The van der Waals surface area contributed by atoms with E-state index >= 15 is 0 Å². The number of rotatable bonds is 12. The molecule has 0 aromatic carbocycles. The van der Waals surface area contributed by atoms with Crippen molar-refractivity contribution in [1.29, 1.82) is 0 Å². The van der Waals surface area contributed by atoms with Gasteiger partial charge in [-0.15, -0.1) is 0 Å². The third-order valence-electron chi connectivity index (χ3n) is 14.5. The number of esters is 1. The van der Waals surface area contributed by atoms with Crippen molar-refractivity contribution in [1.82, 2.24) is 4.90 Å². The number of hydrogen-bond donors (Lipinski definition) is 0. The van der Waals surface area contributed by atoms with Gasteiger partial charge in [-0.05, 0) is 87.7 Å². The Labute approximate surface area is 364 Å². The molecule has 0 bridgehead atoms. The zero-order chi connectivity index (χ0) is 44.2. The number of hydrogen-bond acceptors (Lipinski definition) is 12. The Bertz CT molecular complexity index is 1600. The van der Waals surface area contributed by atoms with Gasteiger partial charge in [-0.25, -0.2) is 4.79 Å². The van der Waals surface area contributed by atoms with Crippen molar-refractivity contribution in [2.45, 2.75) is 153 Å². The Morgan fingerprint density at radius 3 is 2.30 bits per heavy atom. The molecule has 6 aliphatic rings. The molecule has 0 spiro atoms. The van der Waals surface area contributed by atoms with Crippen molar-refractivity contribution in [3.05, 3.63) is 36.0 Å². The molecule has 0 aromatic rings. The minimum atomic E-state index is -0.623. The second kappa shape index (κ2) is 20.9. The second-order valence-corrected chi connectivity index (χ2v) is 19.1. The van der Waals surface area contributed by atoms with Gasteiger partial charge in [0.15, 0.2) is 18.4 Å². The Kier molecular flexibility index (Phi) is 16.3. The van der Waals surface area contributed by atoms with Crippen molar-refractivity contribution in [3.63, 3.8) is 0 Å². The van der Waals surface area contributed by atoms with Gasteiger partial charge in [0.1, 0.15) is 36.6 Å². The summed E-state index contributed by atoms with van der Waals surface area (Å²) in [5, 5.41) is 0. The molecule has 0 aromatic heterocycles. The predicted molar refractivity (Wildman–Crippen MR) is 227 cm³/mol. The van der Waals surface area contributed by atoms with Crippen LogP contribution in [0.4, 0.5) is 4.79 Å². The van der Waals surface area contributed by atoms with Crippen LogP contribution in [0.25, 0.3) is 0 Å². The Morgan fingerprint density at radius 1 is 0.885 bits per heavy atom. The van der Waals surface area contributed by atoms with Crippen LogP contribution < -0.4 is 0 Å². The van der Waals surface area contributed by atoms with Crippen LogP contribution in [0, 0.1) is 35.5 Å². The number of ketones is 1. The number of ether oxygens (including phenoxy) is 9. The lowest BCUT2D eigenvalue weighted by atomic mass is 9.70. The number of quaternary nitrogens is 1. The first kappa shape index (κ1) is 47.8. The van der Waals surface area contributed by atoms with Gasteiger partial charge in [-0.2, -0.15) is 0 Å². The third kappa shape index (κ3) is 10.8. The molecule has 0 radical (unpaired) electrons. The molecule has 1 amide bonds. The molecule has 3 saturated heterocycles. The van der Waals surface area contributed by atoms with Crippen LogP contribution in [-0.4, -0.2) is 151 Å². The van der Waals surface area contributed by atoms with Crippen LogP contribution in [0.2, 0.25) is 0 Å². The summed E-state index contributed by atoms with van der Waals surface area (Å²) in [6.07, 6.45) is 12.9. The smallest absolute Gasteiger partial charge is 0.413 e. The molecule has 17 atom stereocenters. The van der Waals surface area contributed by atoms with E-state index in [-0.39, 0.29) is 103 Å². The number of cyclic esters (lactones) is 1. The van der Waals surface area contributed by atoms with E-state index in [1.54, 1.807) is 35.4 Å². The maximum absolute atomic E-state index is 14.9. The van der Waals surface area contributed by atoms with Crippen LogP contribution in [0.15, 0.2) is 36.0 Å². The molecule has 1 saturated carbocycles. The normalized spacial score (nSPS) is 40.9. The molecule has 4 fully saturated rings. The van der Waals surface area contributed by atoms with Gasteiger partial charge in [0.05, 0.1) is 38.8 Å². The van der Waals surface area contributed by atoms with E-state index < -0.39 is 30.7 Å². The highest BCUT2D eigenvalue weighted by molar-refractivity contribution is 5.99. The number of fused-ring (bicyclic) bond motifs is 5. The molecule has 14 heteroatoms. The summed E-state index contributed by atoms with van der Waals surface area (Å²) in [4.78, 5) is 42.3. The van der Waals surface area contributed by atoms with Crippen molar-refractivity contribution < 1.29 is 61.5 Å². The highest BCUT2D eigenvalue weighted by Crippen LogP contribution is 2.54. The quantitative estimate of drug-likeness (QED) is 0.0955. The molecule has 14 nitrogen and oxygen atoms in total. The van der Waals surface area contributed by atoms with Crippen molar-refractivity contribution in [2.24, 2.45) is 35.5 Å². The number of carbonyl (C=O) groups excluding carboxylic acids is 3. The molecular weight excluding hydrogens is 785 g/mol. The number of nitrogens with zero attached hydrogens (tertiary/aromatic N) is 2. The average Bonchev–Trinajstić information content (AvgIpc) is 3.80. The summed E-state index contributed by atoms with van der Waals surface area (Å²) in [5.41, 5.74) is 0.714. The lowest BCUT2D eigenvalue weighted by Crippen LogP contribution is -2.59. The number of likely N-dealkylation sites (N-methyl/N-ethyl adjacent to an activating group) is 1. The first-order valence-corrected chi connectivity index (χ1v) is 22.8. The fourth-order valence-electron chi connectivity index (χ4n) is 11.2. The molecule has 0 N–H and O–H groups in total. The predicted octanol–water partition coefficient (Wildman–Crippen LogP) is 6.21. The number of allylic oxidation sites excluding steroid dienone is 5. The lowest BCUT2D eigenvalue weighted by Gasteiger charge is -2.44. The second-order valence-electron chi connectivity index (χ2n) is 19.1. The Morgan fingerprint density at radius 2 is 1.62 bits per heavy atom. The summed E-state index contributed by atoms with van der Waals surface area (Å²) >= 11 is 0. The maximum atomic E-state index is 14.9. The minimum absolute atomic E-state index is 0.0124. The standard InChI is InChI=1S/C47H75N2O12/c1-12-13-15-31-16-14-17-39(61-41-21-20-38(28(3)57-41)49(7,8)26-56-47(52)48(5)6)27(2)42(51)37-24-35-33(36(37)25-40(50)59-31)19-18-30-22-32(23-34(30)35)60-46-45(55-11)44(54-10)43(53-9)29(4)58-46/h13,15,18-19,24,27-36,38-39,41,43-46H,12,14,16-17,20-23,25-26H2,1-11H3/q+1/b15-13+/t27-,28?,29?,30-,31+,32-,33-,34-,35-,36+,38?,39+,41?,43?,44?,45?,46?/m1/s1. The summed E-state index contributed by atoms with van der Waals surface area (Å²) in [6.45, 7) is 8.29. The number of carbonyl (C=O) groups is 3. The monoisotopic (exact) mass is 860 g/mol. The number of methoxy groups -OCH3 is 3. The summed E-state index contributed by atoms with van der Waals surface area (Å²) in [6, 6.07) is 0.0848. The van der Waals surface area contributed by atoms with E-state index in [0.29, 0.717) is 35.7 Å². The molecule has 6 rings (SSSR count). The lowest BCUT2D eigenvalue weighted by molar-refractivity contribution is -0.936. The molecular formula is C47H75N2O12+. The summed E-state index contributed by atoms with van der Waals surface area (Å²) in [5.74, 6) is -0.453. The van der Waals surface area contributed by atoms with E-state index in [0.717, 1.165) is 25.7 Å². The van der Waals surface area contributed by atoms with Crippen LogP contribution in [0.1, 0.15) is 85.5 Å². The van der Waals surface area contributed by atoms with Crippen molar-refractivity contribution >= 4 is 17.8 Å². The van der Waals surface area contributed by atoms with Crippen LogP contribution in [0.3, 0.4) is 0 Å². The molecule has 61 heavy (non-hydrogen) atoms. The summed E-state index contributed by atoms with van der Waals surface area (Å²) < 4.78 is 56.1. The van der Waals surface area contributed by atoms with E-state index in [9.17, 15) is 14.4 Å². The van der Waals surface area contributed by atoms with Crippen molar-refractivity contribution in [2.75, 3.05) is 56.3 Å². The van der Waals surface area contributed by atoms with Gasteiger partial charge in [0, 0.05) is 60.1 Å². The van der Waals surface area contributed by atoms with E-state index in [4.69, 9.17) is 42.6 Å². The van der Waals surface area contributed by atoms with Gasteiger partial charge < -0.3 is 47.5 Å². The van der Waals surface area contributed by atoms with Gasteiger partial charge in [0.25, 0.3) is 0 Å². The largest absolute Gasteiger partial charge is 0.458 e. The zero-order valence-corrected chi connectivity index (χ0v) is 38.6. The van der Waals surface area contributed by atoms with Crippen LogP contribution in [0.5, 0.6) is 0 Å². The van der Waals surface area contributed by atoms with Gasteiger partial charge in [-0.1, -0.05) is 38.2 Å². The maximum Gasteiger partial charge on any atom is 0.413 e. The van der Waals surface area contributed by atoms with Crippen LogP contribution >= 0.6 is 0 Å². The van der Waals surface area contributed by atoms with Gasteiger partial charge in [-0.3, -0.25) is 14.1 Å². The van der Waals surface area contributed by atoms with Gasteiger partial charge >= 0.3 is 12.1 Å². The molecule has 3 aliphatic heterocycles. The minimum Gasteiger partial charge on any atom is -0.458 e. The Hall–Kier alpha value is -2.69. The van der Waals surface area contributed by atoms with E-state index in [2.05, 4.69) is 45.3 Å². The van der Waals surface area contributed by atoms with Crippen molar-refractivity contribution in [3.8, 4) is 0 Å². The zero-order valence-electron chi connectivity index (χ0n) is 38.6. The molecule has 3 aliphatic carbocycles. The fourth-order valence-corrected chi connectivity index (χ4v) is 11.2. The first-order chi connectivity index (χ1) is 29.1. The first-order valence-electron chi connectivity index (χ1n) is 22.8. The fraction of sp³-hybridized carbons (Fsp3) is 0.809. The highest BCUT2D eigenvalue weighted by Gasteiger charge is 2.53. The number of Topliss-reactive ketones (excluding diaryl/α,β-unsaturated/α-hetero) is 1. The highest BCUT2D eigenvalue weighted by atomic mass is 16.7. The van der Waals surface area contributed by atoms with Gasteiger partial charge in [0.2, 0.25) is 6.73 Å². The van der Waals surface area contributed by atoms with E-state index in [1.807, 2.05) is 26.8 Å².